The summed E-state index contributed by atoms with van der Waals surface area (Å²) >= 11 is 5.14. The number of furan rings is 1. The Morgan fingerprint density at radius 3 is 2.88 bits per heavy atom. The van der Waals surface area contributed by atoms with Gasteiger partial charge in [-0.15, -0.1) is 6.58 Å². The molecule has 0 aliphatic rings. The predicted octanol–water partition coefficient (Wildman–Crippen LogP) is 0.115. The topological polar surface area (TPSA) is 41.6 Å². The molecule has 1 rings (SSSR count). The SMILES string of the molecule is C=CCNC(=S)NC[C@H](c1ccco1)[NH+](C)C. The Bertz CT molecular complexity index is 349. The van der Waals surface area contributed by atoms with Crippen molar-refractivity contribution >= 4 is 17.3 Å². The zero-order valence-corrected chi connectivity index (χ0v) is 11.1. The molecule has 0 saturated heterocycles. The summed E-state index contributed by atoms with van der Waals surface area (Å²) in [4.78, 5) is 1.29. The highest BCUT2D eigenvalue weighted by Gasteiger charge is 2.20. The minimum atomic E-state index is 0.244. The molecule has 5 heteroatoms. The Morgan fingerprint density at radius 2 is 2.35 bits per heavy atom. The second-order valence-electron chi connectivity index (χ2n) is 4.02. The summed E-state index contributed by atoms with van der Waals surface area (Å²) in [7, 11) is 4.18. The molecule has 0 radical (unpaired) electrons. The molecule has 0 aromatic carbocycles. The van der Waals surface area contributed by atoms with E-state index in [4.69, 9.17) is 16.6 Å². The first-order valence-electron chi connectivity index (χ1n) is 5.61. The number of quaternary nitrogens is 1. The molecule has 3 N–H and O–H groups in total. The Morgan fingerprint density at radius 1 is 1.59 bits per heavy atom. The zero-order chi connectivity index (χ0) is 12.7. The van der Waals surface area contributed by atoms with Crippen LogP contribution >= 0.6 is 12.2 Å². The van der Waals surface area contributed by atoms with E-state index >= 15 is 0 Å². The first-order chi connectivity index (χ1) is 8.15. The molecule has 1 aromatic rings. The Hall–Kier alpha value is -1.33. The average Bonchev–Trinajstić information content (AvgIpc) is 2.79. The van der Waals surface area contributed by atoms with Crippen molar-refractivity contribution in [3.8, 4) is 0 Å². The van der Waals surface area contributed by atoms with E-state index in [0.717, 1.165) is 12.3 Å². The fraction of sp³-hybridized carbons (Fsp3) is 0.417. The van der Waals surface area contributed by atoms with E-state index in [2.05, 4.69) is 31.3 Å². The highest BCUT2D eigenvalue weighted by atomic mass is 32.1. The van der Waals surface area contributed by atoms with Gasteiger partial charge < -0.3 is 20.0 Å². The van der Waals surface area contributed by atoms with Gasteiger partial charge in [-0.25, -0.2) is 0 Å². The van der Waals surface area contributed by atoms with E-state index in [9.17, 15) is 0 Å². The molecule has 1 heterocycles. The van der Waals surface area contributed by atoms with Gasteiger partial charge in [-0.1, -0.05) is 6.08 Å². The van der Waals surface area contributed by atoms with Crippen LogP contribution in [0.3, 0.4) is 0 Å². The number of hydrogen-bond acceptors (Lipinski definition) is 2. The number of thiocarbonyl (C=S) groups is 1. The van der Waals surface area contributed by atoms with Crippen LogP contribution in [0, 0.1) is 0 Å². The van der Waals surface area contributed by atoms with Gasteiger partial charge in [0, 0.05) is 6.54 Å². The fourth-order valence-corrected chi connectivity index (χ4v) is 1.67. The van der Waals surface area contributed by atoms with Gasteiger partial charge in [0.05, 0.1) is 26.9 Å². The summed E-state index contributed by atoms with van der Waals surface area (Å²) in [5, 5.41) is 6.85. The minimum absolute atomic E-state index is 0.244. The number of hydrogen-bond donors (Lipinski definition) is 3. The third-order valence-corrected chi connectivity index (χ3v) is 2.75. The molecule has 17 heavy (non-hydrogen) atoms. The quantitative estimate of drug-likeness (QED) is 0.498. The van der Waals surface area contributed by atoms with Crippen LogP contribution in [-0.4, -0.2) is 32.3 Å². The van der Waals surface area contributed by atoms with E-state index in [1.54, 1.807) is 12.3 Å². The highest BCUT2D eigenvalue weighted by Crippen LogP contribution is 2.08. The first kappa shape index (κ1) is 13.7. The van der Waals surface area contributed by atoms with Crippen molar-refractivity contribution in [3.05, 3.63) is 36.8 Å². The highest BCUT2D eigenvalue weighted by molar-refractivity contribution is 7.80. The summed E-state index contributed by atoms with van der Waals surface area (Å²) in [5.74, 6) is 0.962. The molecule has 94 valence electrons. The molecular weight excluding hydrogens is 234 g/mol. The van der Waals surface area contributed by atoms with Gasteiger partial charge in [0.15, 0.2) is 16.9 Å². The predicted molar refractivity (Wildman–Crippen MR) is 73.1 cm³/mol. The van der Waals surface area contributed by atoms with Gasteiger partial charge in [-0.2, -0.15) is 0 Å². The first-order valence-corrected chi connectivity index (χ1v) is 6.02. The molecule has 4 nitrogen and oxygen atoms in total. The van der Waals surface area contributed by atoms with E-state index in [1.807, 2.05) is 12.1 Å². The largest absolute Gasteiger partial charge is 0.463 e. The Kier molecular flexibility index (Phi) is 5.72. The van der Waals surface area contributed by atoms with E-state index < -0.39 is 0 Å². The molecule has 0 fully saturated rings. The lowest BCUT2D eigenvalue weighted by Crippen LogP contribution is -3.07. The van der Waals surface area contributed by atoms with Crippen molar-refractivity contribution in [3.63, 3.8) is 0 Å². The lowest BCUT2D eigenvalue weighted by molar-refractivity contribution is -0.891. The van der Waals surface area contributed by atoms with E-state index in [0.29, 0.717) is 11.7 Å². The molecule has 1 atom stereocenters. The molecule has 1 aromatic heterocycles. The van der Waals surface area contributed by atoms with Gasteiger partial charge in [0.1, 0.15) is 0 Å². The van der Waals surface area contributed by atoms with Crippen LogP contribution in [0.5, 0.6) is 0 Å². The normalized spacial score (nSPS) is 12.2. The number of nitrogens with one attached hydrogen (secondary N) is 3. The Labute approximate surface area is 108 Å². The van der Waals surface area contributed by atoms with Gasteiger partial charge in [0.2, 0.25) is 0 Å². The molecule has 0 spiro atoms. The van der Waals surface area contributed by atoms with Crippen molar-refractivity contribution in [2.45, 2.75) is 6.04 Å². The zero-order valence-electron chi connectivity index (χ0n) is 10.3. The summed E-state index contributed by atoms with van der Waals surface area (Å²) in [5.41, 5.74) is 0. The number of rotatable bonds is 6. The summed E-state index contributed by atoms with van der Waals surface area (Å²) in [6, 6.07) is 4.13. The molecule has 0 amide bonds. The van der Waals surface area contributed by atoms with Crippen LogP contribution in [0.1, 0.15) is 11.8 Å². The van der Waals surface area contributed by atoms with Crippen LogP contribution in [0.4, 0.5) is 0 Å². The maximum absolute atomic E-state index is 5.43. The molecule has 0 unspecified atom stereocenters. The van der Waals surface area contributed by atoms with Crippen molar-refractivity contribution in [1.29, 1.82) is 0 Å². The minimum Gasteiger partial charge on any atom is -0.463 e. The van der Waals surface area contributed by atoms with Crippen LogP contribution < -0.4 is 15.5 Å². The third-order valence-electron chi connectivity index (χ3n) is 2.46. The molecular formula is C12H20N3OS+. The number of likely N-dealkylation sites (N-methyl/N-ethyl adjacent to an activating group) is 1. The van der Waals surface area contributed by atoms with Gasteiger partial charge in [-0.05, 0) is 24.4 Å². The van der Waals surface area contributed by atoms with Crippen molar-refractivity contribution < 1.29 is 9.32 Å². The smallest absolute Gasteiger partial charge is 0.166 e. The van der Waals surface area contributed by atoms with E-state index in [-0.39, 0.29) is 6.04 Å². The molecule has 0 bridgehead atoms. The second kappa shape index (κ2) is 7.09. The van der Waals surface area contributed by atoms with Gasteiger partial charge >= 0.3 is 0 Å². The van der Waals surface area contributed by atoms with Crippen LogP contribution in [0.25, 0.3) is 0 Å². The van der Waals surface area contributed by atoms with E-state index in [1.165, 1.54) is 4.90 Å². The molecule has 0 aliphatic heterocycles. The fourth-order valence-electron chi connectivity index (χ4n) is 1.50. The average molecular weight is 254 g/mol. The van der Waals surface area contributed by atoms with Crippen molar-refractivity contribution in [2.24, 2.45) is 0 Å². The second-order valence-corrected chi connectivity index (χ2v) is 4.43. The Balaban J connectivity index is 2.46. The van der Waals surface area contributed by atoms with Crippen LogP contribution in [0.15, 0.2) is 35.5 Å². The lowest BCUT2D eigenvalue weighted by Gasteiger charge is -2.20. The summed E-state index contributed by atoms with van der Waals surface area (Å²) in [6.07, 6.45) is 3.47. The van der Waals surface area contributed by atoms with Gasteiger partial charge in [-0.3, -0.25) is 0 Å². The summed E-state index contributed by atoms with van der Waals surface area (Å²) in [6.45, 7) is 5.04. The molecule has 0 aliphatic carbocycles. The monoisotopic (exact) mass is 254 g/mol. The third kappa shape index (κ3) is 4.58. The van der Waals surface area contributed by atoms with Gasteiger partial charge in [0.25, 0.3) is 0 Å². The van der Waals surface area contributed by atoms with Crippen molar-refractivity contribution in [2.75, 3.05) is 27.2 Å². The standard InChI is InChI=1S/C12H19N3OS/c1-4-7-13-12(17)14-9-10(15(2)3)11-6-5-8-16-11/h4-6,8,10H,1,7,9H2,2-3H3,(H2,13,14,17)/p+1/t10-/m1/s1. The van der Waals surface area contributed by atoms with Crippen LogP contribution in [-0.2, 0) is 0 Å². The van der Waals surface area contributed by atoms with Crippen LogP contribution in [0.2, 0.25) is 0 Å². The molecule has 0 saturated carbocycles. The maximum Gasteiger partial charge on any atom is 0.166 e. The summed E-state index contributed by atoms with van der Waals surface area (Å²) < 4.78 is 5.43. The van der Waals surface area contributed by atoms with Crippen molar-refractivity contribution in [1.82, 2.24) is 10.6 Å². The lowest BCUT2D eigenvalue weighted by atomic mass is 10.2. The maximum atomic E-state index is 5.43.